The molecule has 2 heterocycles. The van der Waals surface area contributed by atoms with E-state index in [-0.39, 0.29) is 18.2 Å². The number of fused-ring (bicyclic) bond motifs is 1. The Labute approximate surface area is 173 Å². The number of rotatable bonds is 5. The number of hydrogen-bond acceptors (Lipinski definition) is 5. The fraction of sp³-hybridized carbons (Fsp3) is 0.238. The molecule has 0 spiro atoms. The zero-order chi connectivity index (χ0) is 20.5. The van der Waals surface area contributed by atoms with Gasteiger partial charge in [0.1, 0.15) is 12.1 Å². The zero-order valence-corrected chi connectivity index (χ0v) is 17.0. The van der Waals surface area contributed by atoms with Crippen LogP contribution in [0.3, 0.4) is 0 Å². The van der Waals surface area contributed by atoms with Crippen molar-refractivity contribution in [2.24, 2.45) is 0 Å². The molecule has 1 amide bonds. The van der Waals surface area contributed by atoms with Crippen molar-refractivity contribution in [1.82, 2.24) is 9.55 Å². The summed E-state index contributed by atoms with van der Waals surface area (Å²) in [7, 11) is 4.69. The second-order valence-corrected chi connectivity index (χ2v) is 7.02. The van der Waals surface area contributed by atoms with E-state index in [0.29, 0.717) is 28.1 Å². The molecule has 1 aromatic heterocycles. The molecule has 0 unspecified atom stereocenters. The van der Waals surface area contributed by atoms with Gasteiger partial charge in [0.05, 0.1) is 27.0 Å². The van der Waals surface area contributed by atoms with Gasteiger partial charge >= 0.3 is 0 Å². The molecule has 8 heteroatoms. The number of nitrogens with one attached hydrogen (secondary N) is 1. The highest BCUT2D eigenvalue weighted by Crippen LogP contribution is 2.44. The first kappa shape index (κ1) is 19.1. The van der Waals surface area contributed by atoms with Gasteiger partial charge in [-0.1, -0.05) is 11.6 Å². The van der Waals surface area contributed by atoms with Gasteiger partial charge < -0.3 is 19.5 Å². The van der Waals surface area contributed by atoms with Crippen LogP contribution in [0.1, 0.15) is 23.6 Å². The van der Waals surface area contributed by atoms with Crippen LogP contribution in [0.5, 0.6) is 17.2 Å². The summed E-state index contributed by atoms with van der Waals surface area (Å²) in [5, 5.41) is 3.58. The van der Waals surface area contributed by atoms with E-state index < -0.39 is 0 Å². The van der Waals surface area contributed by atoms with Crippen LogP contribution in [0.15, 0.2) is 42.7 Å². The second kappa shape index (κ2) is 7.67. The third-order valence-corrected chi connectivity index (χ3v) is 5.22. The van der Waals surface area contributed by atoms with Crippen LogP contribution in [-0.4, -0.2) is 36.8 Å². The number of anilines is 1. The van der Waals surface area contributed by atoms with Crippen molar-refractivity contribution < 1.29 is 19.0 Å². The lowest BCUT2D eigenvalue weighted by molar-refractivity contribution is -0.116. The Kier molecular flexibility index (Phi) is 5.07. The maximum Gasteiger partial charge on any atom is 0.226 e. The maximum absolute atomic E-state index is 12.5. The molecule has 0 radical (unpaired) electrons. The first-order valence-electron chi connectivity index (χ1n) is 8.98. The van der Waals surface area contributed by atoms with Crippen molar-refractivity contribution in [3.05, 3.63) is 59.0 Å². The Morgan fingerprint density at radius 1 is 1.07 bits per heavy atom. The van der Waals surface area contributed by atoms with Gasteiger partial charge in [0.25, 0.3) is 0 Å². The van der Waals surface area contributed by atoms with E-state index in [1.54, 1.807) is 39.8 Å². The Balaban J connectivity index is 1.82. The lowest BCUT2D eigenvalue weighted by Gasteiger charge is -2.24. The first-order valence-corrected chi connectivity index (χ1v) is 9.36. The van der Waals surface area contributed by atoms with E-state index in [1.165, 1.54) is 0 Å². The van der Waals surface area contributed by atoms with E-state index in [4.69, 9.17) is 25.8 Å². The standard InChI is InChI=1S/C21H20ClN3O4/c1-27-16-8-12(9-17(28-2)20(16)29-3)15-10-18(26)24-21-19(15)23-11-25(21)14-6-4-13(22)5-7-14/h4-9,11,15H,10H2,1-3H3,(H,24,26)/t15-/m0/s1. The van der Waals surface area contributed by atoms with Crippen LogP contribution in [-0.2, 0) is 4.79 Å². The van der Waals surface area contributed by atoms with Crippen LogP contribution < -0.4 is 19.5 Å². The lowest BCUT2D eigenvalue weighted by Crippen LogP contribution is -2.25. The Hall–Kier alpha value is -3.19. The molecule has 150 valence electrons. The van der Waals surface area contributed by atoms with Crippen molar-refractivity contribution in [2.45, 2.75) is 12.3 Å². The lowest BCUT2D eigenvalue weighted by atomic mass is 9.89. The number of carbonyl (C=O) groups excluding carboxylic acids is 1. The Bertz CT molecular complexity index is 1040. The van der Waals surface area contributed by atoms with Crippen LogP contribution >= 0.6 is 11.6 Å². The van der Waals surface area contributed by atoms with Gasteiger partial charge in [-0.25, -0.2) is 4.98 Å². The highest BCUT2D eigenvalue weighted by molar-refractivity contribution is 6.30. The molecule has 0 fully saturated rings. The molecule has 29 heavy (non-hydrogen) atoms. The fourth-order valence-electron chi connectivity index (χ4n) is 3.58. The van der Waals surface area contributed by atoms with Crippen molar-refractivity contribution in [3.8, 4) is 22.9 Å². The molecular weight excluding hydrogens is 394 g/mol. The summed E-state index contributed by atoms with van der Waals surface area (Å²) in [4.78, 5) is 17.1. The molecule has 0 saturated carbocycles. The third kappa shape index (κ3) is 3.38. The number of ether oxygens (including phenoxy) is 3. The molecule has 7 nitrogen and oxygen atoms in total. The highest BCUT2D eigenvalue weighted by Gasteiger charge is 2.32. The summed E-state index contributed by atoms with van der Waals surface area (Å²) >= 11 is 6.00. The van der Waals surface area contributed by atoms with Gasteiger partial charge in [-0.3, -0.25) is 9.36 Å². The quantitative estimate of drug-likeness (QED) is 0.683. The van der Waals surface area contributed by atoms with Gasteiger partial charge in [-0.2, -0.15) is 0 Å². The summed E-state index contributed by atoms with van der Waals surface area (Å²) in [6.07, 6.45) is 1.97. The largest absolute Gasteiger partial charge is 0.493 e. The third-order valence-electron chi connectivity index (χ3n) is 4.97. The van der Waals surface area contributed by atoms with E-state index in [9.17, 15) is 4.79 Å². The number of halogens is 1. The second-order valence-electron chi connectivity index (χ2n) is 6.59. The van der Waals surface area contributed by atoms with Crippen molar-refractivity contribution in [2.75, 3.05) is 26.6 Å². The zero-order valence-electron chi connectivity index (χ0n) is 16.2. The Morgan fingerprint density at radius 3 is 2.31 bits per heavy atom. The van der Waals surface area contributed by atoms with E-state index in [1.807, 2.05) is 28.8 Å². The predicted molar refractivity (Wildman–Crippen MR) is 110 cm³/mol. The average molecular weight is 414 g/mol. The summed E-state index contributed by atoms with van der Waals surface area (Å²) < 4.78 is 18.2. The highest BCUT2D eigenvalue weighted by atomic mass is 35.5. The molecule has 3 aromatic rings. The minimum atomic E-state index is -0.249. The van der Waals surface area contributed by atoms with E-state index >= 15 is 0 Å². The molecule has 1 aliphatic rings. The molecule has 0 bridgehead atoms. The van der Waals surface area contributed by atoms with Gasteiger partial charge in [0.15, 0.2) is 11.5 Å². The normalized spacial score (nSPS) is 15.4. The number of hydrogen-bond donors (Lipinski definition) is 1. The number of carbonyl (C=O) groups is 1. The van der Waals surface area contributed by atoms with Gasteiger partial charge in [-0.15, -0.1) is 0 Å². The van der Waals surface area contributed by atoms with Crippen LogP contribution in [0.4, 0.5) is 5.82 Å². The molecule has 1 atom stereocenters. The first-order chi connectivity index (χ1) is 14.0. The topological polar surface area (TPSA) is 74.6 Å². The van der Waals surface area contributed by atoms with E-state index in [2.05, 4.69) is 10.3 Å². The number of benzene rings is 2. The Morgan fingerprint density at radius 2 is 1.72 bits per heavy atom. The van der Waals surface area contributed by atoms with Crippen LogP contribution in [0, 0.1) is 0 Å². The van der Waals surface area contributed by atoms with Gasteiger partial charge in [0, 0.05) is 23.0 Å². The van der Waals surface area contributed by atoms with Gasteiger partial charge in [-0.05, 0) is 42.0 Å². The van der Waals surface area contributed by atoms with Crippen molar-refractivity contribution >= 4 is 23.3 Å². The van der Waals surface area contributed by atoms with Gasteiger partial charge in [0.2, 0.25) is 11.7 Å². The summed E-state index contributed by atoms with van der Waals surface area (Å²) in [6, 6.07) is 11.1. The molecular formula is C21H20ClN3O4. The monoisotopic (exact) mass is 413 g/mol. The minimum Gasteiger partial charge on any atom is -0.493 e. The predicted octanol–water partition coefficient (Wildman–Crippen LogP) is 4.03. The number of imidazole rings is 1. The smallest absolute Gasteiger partial charge is 0.226 e. The molecule has 2 aromatic carbocycles. The molecule has 1 aliphatic heterocycles. The van der Waals surface area contributed by atoms with Crippen molar-refractivity contribution in [3.63, 3.8) is 0 Å². The van der Waals surface area contributed by atoms with Crippen LogP contribution in [0.25, 0.3) is 5.69 Å². The summed E-state index contributed by atoms with van der Waals surface area (Å²) in [5.41, 5.74) is 2.49. The number of aromatic nitrogens is 2. The molecule has 4 rings (SSSR count). The number of nitrogens with zero attached hydrogens (tertiary/aromatic N) is 2. The van der Waals surface area contributed by atoms with Crippen molar-refractivity contribution in [1.29, 1.82) is 0 Å². The average Bonchev–Trinajstić information content (AvgIpc) is 3.16. The SMILES string of the molecule is COc1cc([C@@H]2CC(=O)Nc3c2ncn3-c2ccc(Cl)cc2)cc(OC)c1OC. The maximum atomic E-state index is 12.5. The molecule has 0 saturated heterocycles. The number of amides is 1. The summed E-state index contributed by atoms with van der Waals surface area (Å²) in [5.74, 6) is 1.87. The summed E-state index contributed by atoms with van der Waals surface area (Å²) in [6.45, 7) is 0. The van der Waals surface area contributed by atoms with Crippen LogP contribution in [0.2, 0.25) is 5.02 Å². The number of methoxy groups -OCH3 is 3. The molecule has 1 N–H and O–H groups in total. The minimum absolute atomic E-state index is 0.0908. The molecule has 0 aliphatic carbocycles. The van der Waals surface area contributed by atoms with E-state index in [0.717, 1.165) is 16.9 Å². The fourth-order valence-corrected chi connectivity index (χ4v) is 3.71.